The monoisotopic (exact) mass is 299 g/mol. The van der Waals surface area contributed by atoms with Gasteiger partial charge in [-0.05, 0) is 24.6 Å². The molecule has 2 aliphatic heterocycles. The summed E-state index contributed by atoms with van der Waals surface area (Å²) in [6.07, 6.45) is -0.400. The van der Waals surface area contributed by atoms with Crippen molar-refractivity contribution >= 4 is 23.0 Å². The molecule has 0 bridgehead atoms. The Labute approximate surface area is 125 Å². The highest BCUT2D eigenvalue weighted by Crippen LogP contribution is 2.43. The van der Waals surface area contributed by atoms with Crippen molar-refractivity contribution in [1.82, 2.24) is 9.97 Å². The first-order chi connectivity index (χ1) is 10.5. The van der Waals surface area contributed by atoms with Crippen LogP contribution >= 0.6 is 0 Å². The third-order valence-corrected chi connectivity index (χ3v) is 3.92. The van der Waals surface area contributed by atoms with Crippen molar-refractivity contribution in [3.05, 3.63) is 29.5 Å². The van der Waals surface area contributed by atoms with Gasteiger partial charge >= 0.3 is 6.01 Å². The lowest BCUT2D eigenvalue weighted by Crippen LogP contribution is -2.14. The molecule has 2 aliphatic rings. The van der Waals surface area contributed by atoms with Crippen LogP contribution in [0.5, 0.6) is 11.9 Å². The molecule has 22 heavy (non-hydrogen) atoms. The number of aromatic nitrogens is 2. The fourth-order valence-electron chi connectivity index (χ4n) is 2.79. The van der Waals surface area contributed by atoms with E-state index in [1.54, 1.807) is 0 Å². The molecule has 0 radical (unpaired) electrons. The zero-order chi connectivity index (χ0) is 15.4. The first-order valence-corrected chi connectivity index (χ1v) is 6.80. The molecule has 0 spiro atoms. The molecule has 112 valence electrons. The lowest BCUT2D eigenvalue weighted by atomic mass is 10.0. The van der Waals surface area contributed by atoms with E-state index in [9.17, 15) is 15.0 Å². The minimum atomic E-state index is -0.488. The fourth-order valence-corrected chi connectivity index (χ4v) is 2.79. The minimum Gasteiger partial charge on any atom is -0.493 e. The molecule has 2 unspecified atom stereocenters. The van der Waals surface area contributed by atoms with Crippen LogP contribution in [0.4, 0.5) is 17.1 Å². The molecule has 8 heteroatoms. The van der Waals surface area contributed by atoms with Crippen molar-refractivity contribution in [1.29, 1.82) is 0 Å². The van der Waals surface area contributed by atoms with Crippen LogP contribution in [0.1, 0.15) is 30.3 Å². The van der Waals surface area contributed by atoms with Gasteiger partial charge in [0.05, 0.1) is 23.0 Å². The Kier molecular flexibility index (Phi) is 2.44. The van der Waals surface area contributed by atoms with Crippen LogP contribution in [0.2, 0.25) is 0 Å². The molecule has 8 nitrogen and oxygen atoms in total. The summed E-state index contributed by atoms with van der Waals surface area (Å²) < 4.78 is 0. The molecular weight excluding hydrogens is 286 g/mol. The van der Waals surface area contributed by atoms with Crippen LogP contribution in [0, 0.1) is 0 Å². The molecule has 2 aromatic rings. The largest absolute Gasteiger partial charge is 0.493 e. The summed E-state index contributed by atoms with van der Waals surface area (Å²) in [5, 5.41) is 28.1. The standard InChI is InChI=1S/C14H13N5O3/c1-5-6-2-8-9(3-7(6)17-13(5)21)16-12(15-8)10-4-11(20)19-14(22)18-10/h2-5,12,15-16H,1H3,(H,17,21)(H2,18,19,20,22). The van der Waals surface area contributed by atoms with Crippen molar-refractivity contribution in [3.8, 4) is 11.9 Å². The molecule has 0 fully saturated rings. The summed E-state index contributed by atoms with van der Waals surface area (Å²) in [5.74, 6) is -0.500. The van der Waals surface area contributed by atoms with E-state index in [-0.39, 0.29) is 17.7 Å². The van der Waals surface area contributed by atoms with E-state index in [0.717, 1.165) is 22.6 Å². The molecule has 2 atom stereocenters. The molecule has 1 aromatic carbocycles. The zero-order valence-electron chi connectivity index (χ0n) is 11.6. The number of benzene rings is 1. The normalized spacial score (nSPS) is 21.6. The number of carbonyl (C=O) groups excluding carboxylic acids is 1. The van der Waals surface area contributed by atoms with Crippen LogP contribution in [0.3, 0.4) is 0 Å². The topological polar surface area (TPSA) is 119 Å². The van der Waals surface area contributed by atoms with E-state index >= 15 is 0 Å². The SMILES string of the molecule is CC1C(=O)Nc2cc3c(cc21)NC(c1cc(O)nc(O)n1)N3. The maximum Gasteiger partial charge on any atom is 0.317 e. The van der Waals surface area contributed by atoms with Gasteiger partial charge in [0, 0.05) is 11.8 Å². The molecule has 3 heterocycles. The first-order valence-electron chi connectivity index (χ1n) is 6.80. The van der Waals surface area contributed by atoms with Crippen LogP contribution < -0.4 is 16.0 Å². The van der Waals surface area contributed by atoms with E-state index in [2.05, 4.69) is 25.9 Å². The predicted molar refractivity (Wildman–Crippen MR) is 78.8 cm³/mol. The number of hydrogen-bond donors (Lipinski definition) is 5. The van der Waals surface area contributed by atoms with E-state index < -0.39 is 12.2 Å². The Bertz CT molecular complexity index is 787. The number of amides is 1. The predicted octanol–water partition coefficient (Wildman–Crippen LogP) is 1.48. The van der Waals surface area contributed by atoms with Gasteiger partial charge < -0.3 is 26.2 Å². The maximum absolute atomic E-state index is 11.7. The van der Waals surface area contributed by atoms with Gasteiger partial charge in [-0.1, -0.05) is 0 Å². The van der Waals surface area contributed by atoms with Crippen LogP contribution in [0.15, 0.2) is 18.2 Å². The van der Waals surface area contributed by atoms with Crippen molar-refractivity contribution in [2.75, 3.05) is 16.0 Å². The van der Waals surface area contributed by atoms with Crippen molar-refractivity contribution in [2.24, 2.45) is 0 Å². The van der Waals surface area contributed by atoms with Crippen LogP contribution in [-0.4, -0.2) is 26.1 Å². The molecule has 0 saturated carbocycles. The third kappa shape index (κ3) is 1.80. The van der Waals surface area contributed by atoms with Gasteiger partial charge in [0.25, 0.3) is 0 Å². The highest BCUT2D eigenvalue weighted by atomic mass is 16.3. The molecule has 5 N–H and O–H groups in total. The number of anilines is 3. The van der Waals surface area contributed by atoms with Gasteiger partial charge in [-0.3, -0.25) is 4.79 Å². The summed E-state index contributed by atoms with van der Waals surface area (Å²) in [7, 11) is 0. The van der Waals surface area contributed by atoms with E-state index in [4.69, 9.17) is 0 Å². The lowest BCUT2D eigenvalue weighted by molar-refractivity contribution is -0.116. The zero-order valence-corrected chi connectivity index (χ0v) is 11.6. The number of aromatic hydroxyl groups is 2. The molecule has 1 amide bonds. The second-order valence-corrected chi connectivity index (χ2v) is 5.37. The Balaban J connectivity index is 1.68. The van der Waals surface area contributed by atoms with Gasteiger partial charge in [-0.2, -0.15) is 9.97 Å². The number of rotatable bonds is 1. The molecule has 0 aliphatic carbocycles. The van der Waals surface area contributed by atoms with Gasteiger partial charge in [0.2, 0.25) is 11.8 Å². The van der Waals surface area contributed by atoms with Gasteiger partial charge in [-0.15, -0.1) is 0 Å². The highest BCUT2D eigenvalue weighted by Gasteiger charge is 2.31. The Morgan fingerprint density at radius 2 is 1.77 bits per heavy atom. The van der Waals surface area contributed by atoms with Crippen molar-refractivity contribution < 1.29 is 15.0 Å². The summed E-state index contributed by atoms with van der Waals surface area (Å²) in [5.41, 5.74) is 3.80. The maximum atomic E-state index is 11.7. The molecular formula is C14H13N5O3. The second-order valence-electron chi connectivity index (χ2n) is 5.37. The van der Waals surface area contributed by atoms with Crippen molar-refractivity contribution in [3.63, 3.8) is 0 Å². The van der Waals surface area contributed by atoms with E-state index in [0.29, 0.717) is 5.69 Å². The summed E-state index contributed by atoms with van der Waals surface area (Å²) in [6.45, 7) is 1.86. The second kappa shape index (κ2) is 4.23. The first kappa shape index (κ1) is 12.7. The number of nitrogens with zero attached hydrogens (tertiary/aromatic N) is 2. The Hall–Kier alpha value is -3.03. The van der Waals surface area contributed by atoms with Gasteiger partial charge in [-0.25, -0.2) is 0 Å². The number of hydrogen-bond acceptors (Lipinski definition) is 7. The average molecular weight is 299 g/mol. The average Bonchev–Trinajstić information content (AvgIpc) is 2.98. The molecule has 4 rings (SSSR count). The Morgan fingerprint density at radius 1 is 1.05 bits per heavy atom. The Morgan fingerprint density at radius 3 is 2.50 bits per heavy atom. The third-order valence-electron chi connectivity index (χ3n) is 3.92. The molecule has 0 saturated heterocycles. The summed E-state index contributed by atoms with van der Waals surface area (Å²) in [6, 6.07) is 4.66. The summed E-state index contributed by atoms with van der Waals surface area (Å²) >= 11 is 0. The van der Waals surface area contributed by atoms with E-state index in [1.807, 2.05) is 19.1 Å². The quantitative estimate of drug-likeness (QED) is 0.541. The fraction of sp³-hybridized carbons (Fsp3) is 0.214. The highest BCUT2D eigenvalue weighted by molar-refractivity contribution is 6.04. The van der Waals surface area contributed by atoms with Gasteiger partial charge in [0.1, 0.15) is 6.17 Å². The number of carbonyl (C=O) groups is 1. The smallest absolute Gasteiger partial charge is 0.317 e. The van der Waals surface area contributed by atoms with E-state index in [1.165, 1.54) is 6.07 Å². The minimum absolute atomic E-state index is 0.0131. The lowest BCUT2D eigenvalue weighted by Gasteiger charge is -2.11. The number of nitrogens with one attached hydrogen (secondary N) is 3. The van der Waals surface area contributed by atoms with Crippen LogP contribution in [-0.2, 0) is 4.79 Å². The van der Waals surface area contributed by atoms with Crippen molar-refractivity contribution in [2.45, 2.75) is 19.0 Å². The number of fused-ring (bicyclic) bond motifs is 2. The van der Waals surface area contributed by atoms with Gasteiger partial charge in [0.15, 0.2) is 0 Å². The molecule has 1 aromatic heterocycles. The van der Waals surface area contributed by atoms with Crippen LogP contribution in [0.25, 0.3) is 0 Å². The summed E-state index contributed by atoms with van der Waals surface area (Å²) in [4.78, 5) is 19.0.